The van der Waals surface area contributed by atoms with Crippen LogP contribution in [-0.2, 0) is 4.79 Å². The summed E-state index contributed by atoms with van der Waals surface area (Å²) in [6.45, 7) is 2.70. The van der Waals surface area contributed by atoms with Crippen molar-refractivity contribution < 1.29 is 14.3 Å². The van der Waals surface area contributed by atoms with Crippen LogP contribution in [0.3, 0.4) is 0 Å². The molecular formula is C24H28ClN3O3. The fourth-order valence-electron chi connectivity index (χ4n) is 4.38. The van der Waals surface area contributed by atoms with Gasteiger partial charge in [0.25, 0.3) is 5.91 Å². The maximum atomic E-state index is 13.0. The van der Waals surface area contributed by atoms with E-state index in [0.29, 0.717) is 36.6 Å². The van der Waals surface area contributed by atoms with Crippen LogP contribution in [0.15, 0.2) is 48.7 Å². The second-order valence-corrected chi connectivity index (χ2v) is 8.71. The molecule has 1 aromatic heterocycles. The Morgan fingerprint density at radius 1 is 1.00 bits per heavy atom. The number of carbonyl (C=O) groups excluding carboxylic acids is 2. The molecular weight excluding hydrogens is 414 g/mol. The zero-order valence-corrected chi connectivity index (χ0v) is 18.3. The summed E-state index contributed by atoms with van der Waals surface area (Å²) in [4.78, 5) is 33.9. The summed E-state index contributed by atoms with van der Waals surface area (Å²) in [5, 5.41) is 0.653. The average Bonchev–Trinajstić information content (AvgIpc) is 2.82. The minimum Gasteiger partial charge on any atom is -0.490 e. The highest BCUT2D eigenvalue weighted by atomic mass is 35.5. The molecule has 6 nitrogen and oxygen atoms in total. The number of nitrogens with zero attached hydrogens (tertiary/aromatic N) is 3. The highest BCUT2D eigenvalue weighted by Gasteiger charge is 2.36. The van der Waals surface area contributed by atoms with Crippen molar-refractivity contribution in [2.24, 2.45) is 5.92 Å². The fourth-order valence-corrected chi connectivity index (χ4v) is 4.51. The number of halogens is 1. The molecule has 0 spiro atoms. The molecule has 0 bridgehead atoms. The zero-order chi connectivity index (χ0) is 21.6. The number of aromatic nitrogens is 1. The maximum Gasteiger partial charge on any atom is 0.272 e. The number of amides is 2. The van der Waals surface area contributed by atoms with Gasteiger partial charge in [-0.25, -0.2) is 0 Å². The van der Waals surface area contributed by atoms with Crippen LogP contribution in [-0.4, -0.2) is 58.9 Å². The van der Waals surface area contributed by atoms with Gasteiger partial charge in [0.05, 0.1) is 0 Å². The van der Waals surface area contributed by atoms with Crippen molar-refractivity contribution in [3.63, 3.8) is 0 Å². The van der Waals surface area contributed by atoms with Crippen molar-refractivity contribution in [3.8, 4) is 5.75 Å². The summed E-state index contributed by atoms with van der Waals surface area (Å²) in [5.41, 5.74) is 0.431. The topological polar surface area (TPSA) is 62.7 Å². The molecule has 2 aliphatic rings. The molecule has 31 heavy (non-hydrogen) atoms. The molecule has 2 aromatic rings. The summed E-state index contributed by atoms with van der Waals surface area (Å²) in [6.07, 6.45) is 5.84. The standard InChI is InChI=1S/C24H28ClN3O3/c25-19-7-9-20(10-8-19)31-22-11-15-28(24(30)21-6-2-3-12-26-21)17-18(22)16-23(29)27-13-4-1-5-14-27/h2-3,6-10,12,18,22H,1,4-5,11,13-17H2/t18-,22-/m0/s1. The number of likely N-dealkylation sites (tertiary alicyclic amines) is 2. The molecule has 2 amide bonds. The number of hydrogen-bond donors (Lipinski definition) is 0. The van der Waals surface area contributed by atoms with Crippen molar-refractivity contribution >= 4 is 23.4 Å². The summed E-state index contributed by atoms with van der Waals surface area (Å²) < 4.78 is 6.26. The molecule has 2 atom stereocenters. The monoisotopic (exact) mass is 441 g/mol. The lowest BCUT2D eigenvalue weighted by molar-refractivity contribution is -0.134. The van der Waals surface area contributed by atoms with E-state index >= 15 is 0 Å². The van der Waals surface area contributed by atoms with Crippen LogP contribution >= 0.6 is 11.6 Å². The highest BCUT2D eigenvalue weighted by molar-refractivity contribution is 6.30. The summed E-state index contributed by atoms with van der Waals surface area (Å²) in [7, 11) is 0. The van der Waals surface area contributed by atoms with Crippen molar-refractivity contribution in [2.75, 3.05) is 26.2 Å². The lowest BCUT2D eigenvalue weighted by atomic mass is 9.90. The minimum absolute atomic E-state index is 0.0773. The number of ether oxygens (including phenoxy) is 1. The molecule has 0 aliphatic carbocycles. The van der Waals surface area contributed by atoms with Gasteiger partial charge in [0.1, 0.15) is 17.5 Å². The van der Waals surface area contributed by atoms with Crippen molar-refractivity contribution in [1.29, 1.82) is 0 Å². The second-order valence-electron chi connectivity index (χ2n) is 8.27. The van der Waals surface area contributed by atoms with E-state index in [4.69, 9.17) is 16.3 Å². The van der Waals surface area contributed by atoms with E-state index in [0.717, 1.165) is 31.7 Å². The van der Waals surface area contributed by atoms with E-state index in [-0.39, 0.29) is 23.8 Å². The SMILES string of the molecule is O=C(C[C@H]1CN(C(=O)c2ccccn2)CC[C@@H]1Oc1ccc(Cl)cc1)N1CCCCC1. The van der Waals surface area contributed by atoms with Crippen molar-refractivity contribution in [2.45, 2.75) is 38.2 Å². The molecule has 7 heteroatoms. The zero-order valence-electron chi connectivity index (χ0n) is 17.6. The van der Waals surface area contributed by atoms with Crippen LogP contribution in [0.5, 0.6) is 5.75 Å². The first-order valence-electron chi connectivity index (χ1n) is 11.0. The van der Waals surface area contributed by atoms with Gasteiger partial charge in [-0.2, -0.15) is 0 Å². The minimum atomic E-state index is -0.136. The van der Waals surface area contributed by atoms with E-state index in [9.17, 15) is 9.59 Å². The smallest absolute Gasteiger partial charge is 0.272 e. The van der Waals surface area contributed by atoms with Gasteiger partial charge in [-0.05, 0) is 55.7 Å². The number of hydrogen-bond acceptors (Lipinski definition) is 4. The van der Waals surface area contributed by atoms with Crippen LogP contribution in [0.4, 0.5) is 0 Å². The van der Waals surface area contributed by atoms with Gasteiger partial charge >= 0.3 is 0 Å². The van der Waals surface area contributed by atoms with Gasteiger partial charge in [0.2, 0.25) is 5.91 Å². The van der Waals surface area contributed by atoms with Crippen LogP contribution < -0.4 is 4.74 Å². The summed E-state index contributed by atoms with van der Waals surface area (Å²) in [5.74, 6) is 0.711. The van der Waals surface area contributed by atoms with Gasteiger partial charge in [-0.15, -0.1) is 0 Å². The van der Waals surface area contributed by atoms with Gasteiger partial charge in [0, 0.05) is 56.2 Å². The summed E-state index contributed by atoms with van der Waals surface area (Å²) in [6, 6.07) is 12.6. The van der Waals surface area contributed by atoms with E-state index in [2.05, 4.69) is 4.98 Å². The third kappa shape index (κ3) is 5.56. The molecule has 1 aromatic carbocycles. The molecule has 0 radical (unpaired) electrons. The van der Waals surface area contributed by atoms with Crippen LogP contribution in [0.25, 0.3) is 0 Å². The Morgan fingerprint density at radius 2 is 1.77 bits per heavy atom. The molecule has 3 heterocycles. The maximum absolute atomic E-state index is 13.0. The first kappa shape index (κ1) is 21.6. The lowest BCUT2D eigenvalue weighted by Crippen LogP contribution is -2.50. The molecule has 0 saturated carbocycles. The molecule has 0 unspecified atom stereocenters. The van der Waals surface area contributed by atoms with E-state index in [1.165, 1.54) is 6.42 Å². The Hall–Kier alpha value is -2.60. The molecule has 164 valence electrons. The molecule has 2 saturated heterocycles. The Kier molecular flexibility index (Phi) is 7.07. The molecule has 4 rings (SSSR count). The van der Waals surface area contributed by atoms with Crippen LogP contribution in [0.2, 0.25) is 5.02 Å². The van der Waals surface area contributed by atoms with Crippen LogP contribution in [0.1, 0.15) is 42.6 Å². The molecule has 0 N–H and O–H groups in total. The number of pyridine rings is 1. The predicted molar refractivity (Wildman–Crippen MR) is 119 cm³/mol. The second kappa shape index (κ2) is 10.1. The van der Waals surface area contributed by atoms with E-state index in [1.54, 1.807) is 35.4 Å². The lowest BCUT2D eigenvalue weighted by Gasteiger charge is -2.39. The van der Waals surface area contributed by atoms with E-state index in [1.807, 2.05) is 23.1 Å². The number of piperidine rings is 2. The number of rotatable bonds is 5. The first-order valence-corrected chi connectivity index (χ1v) is 11.4. The van der Waals surface area contributed by atoms with Crippen molar-refractivity contribution in [3.05, 3.63) is 59.4 Å². The van der Waals surface area contributed by atoms with E-state index < -0.39 is 0 Å². The predicted octanol–water partition coefficient (Wildman–Crippen LogP) is 4.05. The van der Waals surface area contributed by atoms with Gasteiger partial charge in [-0.3, -0.25) is 14.6 Å². The van der Waals surface area contributed by atoms with Gasteiger partial charge in [-0.1, -0.05) is 17.7 Å². The van der Waals surface area contributed by atoms with Gasteiger partial charge in [0.15, 0.2) is 0 Å². The first-order chi connectivity index (χ1) is 15.1. The normalized spacial score (nSPS) is 21.6. The third-order valence-electron chi connectivity index (χ3n) is 6.08. The average molecular weight is 442 g/mol. The largest absolute Gasteiger partial charge is 0.490 e. The Balaban J connectivity index is 1.48. The third-order valence-corrected chi connectivity index (χ3v) is 6.33. The highest BCUT2D eigenvalue weighted by Crippen LogP contribution is 2.28. The molecule has 2 aliphatic heterocycles. The van der Waals surface area contributed by atoms with Crippen molar-refractivity contribution in [1.82, 2.24) is 14.8 Å². The van der Waals surface area contributed by atoms with Gasteiger partial charge < -0.3 is 14.5 Å². The quantitative estimate of drug-likeness (QED) is 0.702. The Morgan fingerprint density at radius 3 is 2.48 bits per heavy atom. The van der Waals surface area contributed by atoms with Crippen LogP contribution in [0, 0.1) is 5.92 Å². The Labute approximate surface area is 188 Å². The Bertz CT molecular complexity index is 885. The number of carbonyl (C=O) groups is 2. The summed E-state index contributed by atoms with van der Waals surface area (Å²) >= 11 is 5.99. The fraction of sp³-hybridized carbons (Fsp3) is 0.458. The molecule has 2 fully saturated rings. The number of benzene rings is 1.